The van der Waals surface area contributed by atoms with Crippen molar-refractivity contribution in [3.05, 3.63) is 48.5 Å². The molecule has 1 heterocycles. The Morgan fingerprint density at radius 1 is 0.923 bits per heavy atom. The smallest absolute Gasteiger partial charge is 0.243 e. The van der Waals surface area contributed by atoms with Crippen molar-refractivity contribution in [2.45, 2.75) is 19.3 Å². The average Bonchev–Trinajstić information content (AvgIpc) is 2.68. The summed E-state index contributed by atoms with van der Waals surface area (Å²) in [5.74, 6) is -0.0487. The molecule has 2 aromatic rings. The Kier molecular flexibility index (Phi) is 6.00. The molecule has 0 aromatic heterocycles. The fourth-order valence-corrected chi connectivity index (χ4v) is 3.17. The molecule has 1 amide bonds. The first-order chi connectivity index (χ1) is 12.6. The number of nitrogens with zero attached hydrogens (tertiary/aromatic N) is 2. The van der Waals surface area contributed by atoms with E-state index in [1.54, 1.807) is 0 Å². The van der Waals surface area contributed by atoms with Gasteiger partial charge in [0.1, 0.15) is 0 Å². The van der Waals surface area contributed by atoms with Gasteiger partial charge in [0.2, 0.25) is 5.91 Å². The molecule has 0 spiro atoms. The minimum absolute atomic E-state index is 0.0487. The normalized spacial score (nSPS) is 14.0. The van der Waals surface area contributed by atoms with Crippen molar-refractivity contribution in [2.75, 3.05) is 54.2 Å². The number of amides is 1. The fourth-order valence-electron chi connectivity index (χ4n) is 3.17. The fraction of sp³-hybridized carbons (Fsp3) is 0.381. The van der Waals surface area contributed by atoms with Crippen LogP contribution in [0.3, 0.4) is 0 Å². The van der Waals surface area contributed by atoms with Gasteiger partial charge in [-0.25, -0.2) is 0 Å². The van der Waals surface area contributed by atoms with E-state index < -0.39 is 0 Å². The predicted molar refractivity (Wildman–Crippen MR) is 110 cm³/mol. The summed E-state index contributed by atoms with van der Waals surface area (Å²) in [6.45, 7) is 2.50. The van der Waals surface area contributed by atoms with Crippen LogP contribution in [0.2, 0.25) is 0 Å². The Hall–Kier alpha value is -2.69. The van der Waals surface area contributed by atoms with Gasteiger partial charge in [-0.3, -0.25) is 4.79 Å². The minimum atomic E-state index is -0.0487. The second-order valence-electron chi connectivity index (χ2n) is 6.94. The summed E-state index contributed by atoms with van der Waals surface area (Å²) in [6.07, 6.45) is 3.86. The first-order valence-electron chi connectivity index (χ1n) is 9.28. The van der Waals surface area contributed by atoms with Crippen molar-refractivity contribution >= 4 is 28.7 Å². The van der Waals surface area contributed by atoms with Gasteiger partial charge >= 0.3 is 0 Å². The van der Waals surface area contributed by atoms with Crippen molar-refractivity contribution in [1.29, 1.82) is 0 Å². The highest BCUT2D eigenvalue weighted by atomic mass is 16.1. The van der Waals surface area contributed by atoms with Crippen molar-refractivity contribution in [2.24, 2.45) is 0 Å². The number of hydrogen-bond acceptors (Lipinski definition) is 4. The van der Waals surface area contributed by atoms with Crippen LogP contribution in [-0.4, -0.2) is 39.6 Å². The lowest BCUT2D eigenvalue weighted by Crippen LogP contribution is -2.29. The van der Waals surface area contributed by atoms with Crippen molar-refractivity contribution in [3.8, 4) is 0 Å². The van der Waals surface area contributed by atoms with Crippen LogP contribution in [0.25, 0.3) is 0 Å². The molecule has 0 radical (unpaired) electrons. The van der Waals surface area contributed by atoms with Crippen LogP contribution in [-0.2, 0) is 4.79 Å². The molecule has 0 atom stereocenters. The Balaban J connectivity index is 1.48. The molecular formula is C21H28N4O. The van der Waals surface area contributed by atoms with Gasteiger partial charge in [-0.1, -0.05) is 0 Å². The summed E-state index contributed by atoms with van der Waals surface area (Å²) in [5.41, 5.74) is 4.14. The molecule has 2 N–H and O–H groups in total. The van der Waals surface area contributed by atoms with Crippen LogP contribution in [0.4, 0.5) is 22.7 Å². The molecule has 3 rings (SSSR count). The quantitative estimate of drug-likeness (QED) is 0.830. The first kappa shape index (κ1) is 18.1. The highest BCUT2D eigenvalue weighted by Gasteiger charge is 2.11. The third kappa shape index (κ3) is 4.91. The zero-order valence-corrected chi connectivity index (χ0v) is 15.7. The molecule has 138 valence electrons. The monoisotopic (exact) mass is 352 g/mol. The van der Waals surface area contributed by atoms with Gasteiger partial charge < -0.3 is 20.4 Å². The van der Waals surface area contributed by atoms with Crippen LogP contribution < -0.4 is 20.4 Å². The molecule has 1 aliphatic heterocycles. The number of hydrogen-bond donors (Lipinski definition) is 2. The summed E-state index contributed by atoms with van der Waals surface area (Å²) in [5, 5.41) is 6.10. The van der Waals surface area contributed by atoms with E-state index in [4.69, 9.17) is 0 Å². The molecule has 0 saturated carbocycles. The van der Waals surface area contributed by atoms with E-state index in [0.717, 1.165) is 30.2 Å². The maximum Gasteiger partial charge on any atom is 0.243 e. The second-order valence-corrected chi connectivity index (χ2v) is 6.94. The summed E-state index contributed by atoms with van der Waals surface area (Å²) in [4.78, 5) is 16.6. The number of rotatable bonds is 6. The van der Waals surface area contributed by atoms with Gasteiger partial charge in [-0.05, 0) is 67.8 Å². The molecule has 0 bridgehead atoms. The number of carbonyl (C=O) groups excluding carboxylic acids is 1. The molecule has 0 unspecified atom stereocenters. The van der Waals surface area contributed by atoms with Crippen LogP contribution in [0.15, 0.2) is 48.5 Å². The van der Waals surface area contributed by atoms with E-state index in [-0.39, 0.29) is 12.5 Å². The highest BCUT2D eigenvalue weighted by Crippen LogP contribution is 2.22. The highest BCUT2D eigenvalue weighted by molar-refractivity contribution is 5.93. The van der Waals surface area contributed by atoms with Gasteiger partial charge in [0.05, 0.1) is 6.54 Å². The molecule has 5 heteroatoms. The topological polar surface area (TPSA) is 47.6 Å². The second kappa shape index (κ2) is 8.61. The number of benzene rings is 2. The molecule has 5 nitrogen and oxygen atoms in total. The Morgan fingerprint density at radius 3 is 2.15 bits per heavy atom. The lowest BCUT2D eigenvalue weighted by molar-refractivity contribution is -0.114. The standard InChI is InChI=1S/C21H28N4O/c1-24(2)19-10-6-17(7-11-19)22-16-21(26)23-18-8-12-20(13-9-18)25-14-4-3-5-15-25/h6-13,22H,3-5,14-16H2,1-2H3,(H,23,26). The van der Waals surface area contributed by atoms with Gasteiger partial charge in [-0.15, -0.1) is 0 Å². The largest absolute Gasteiger partial charge is 0.378 e. The number of piperidine rings is 1. The maximum absolute atomic E-state index is 12.2. The lowest BCUT2D eigenvalue weighted by atomic mass is 10.1. The zero-order valence-electron chi connectivity index (χ0n) is 15.7. The first-order valence-corrected chi connectivity index (χ1v) is 9.28. The Labute approximate surface area is 156 Å². The Morgan fingerprint density at radius 2 is 1.54 bits per heavy atom. The molecule has 0 aliphatic carbocycles. The molecule has 1 aliphatic rings. The predicted octanol–water partition coefficient (Wildman–Crippen LogP) is 3.79. The van der Waals surface area contributed by atoms with Crippen LogP contribution in [0.5, 0.6) is 0 Å². The number of anilines is 4. The van der Waals surface area contributed by atoms with Gasteiger partial charge in [0.25, 0.3) is 0 Å². The zero-order chi connectivity index (χ0) is 18.4. The molecule has 1 fully saturated rings. The third-order valence-electron chi connectivity index (χ3n) is 4.71. The van der Waals surface area contributed by atoms with Crippen LogP contribution in [0, 0.1) is 0 Å². The number of carbonyl (C=O) groups is 1. The minimum Gasteiger partial charge on any atom is -0.378 e. The van der Waals surface area contributed by atoms with Crippen molar-refractivity contribution in [3.63, 3.8) is 0 Å². The van der Waals surface area contributed by atoms with Crippen LogP contribution >= 0.6 is 0 Å². The summed E-state index contributed by atoms with van der Waals surface area (Å²) < 4.78 is 0. The maximum atomic E-state index is 12.2. The van der Waals surface area contributed by atoms with Crippen LogP contribution in [0.1, 0.15) is 19.3 Å². The van der Waals surface area contributed by atoms with E-state index in [2.05, 4.69) is 27.7 Å². The van der Waals surface area contributed by atoms with Gasteiger partial charge in [-0.2, -0.15) is 0 Å². The van der Waals surface area contributed by atoms with Crippen molar-refractivity contribution < 1.29 is 4.79 Å². The van der Waals surface area contributed by atoms with Gasteiger partial charge in [0.15, 0.2) is 0 Å². The lowest BCUT2D eigenvalue weighted by Gasteiger charge is -2.28. The van der Waals surface area contributed by atoms with E-state index >= 15 is 0 Å². The number of nitrogens with one attached hydrogen (secondary N) is 2. The molecule has 2 aromatic carbocycles. The molecule has 1 saturated heterocycles. The molecular weight excluding hydrogens is 324 g/mol. The summed E-state index contributed by atoms with van der Waals surface area (Å²) in [6, 6.07) is 16.2. The summed E-state index contributed by atoms with van der Waals surface area (Å²) >= 11 is 0. The van der Waals surface area contributed by atoms with Gasteiger partial charge in [0, 0.05) is 49.9 Å². The van der Waals surface area contributed by atoms with E-state index in [1.165, 1.54) is 24.9 Å². The third-order valence-corrected chi connectivity index (χ3v) is 4.71. The molecule has 26 heavy (non-hydrogen) atoms. The van der Waals surface area contributed by atoms with Crippen molar-refractivity contribution in [1.82, 2.24) is 0 Å². The SMILES string of the molecule is CN(C)c1ccc(NCC(=O)Nc2ccc(N3CCCCC3)cc2)cc1. The van der Waals surface area contributed by atoms with E-state index in [0.29, 0.717) is 0 Å². The Bertz CT molecular complexity index is 704. The van der Waals surface area contributed by atoms with E-state index in [1.807, 2.05) is 55.4 Å². The average molecular weight is 352 g/mol. The summed E-state index contributed by atoms with van der Waals surface area (Å²) in [7, 11) is 4.01. The van der Waals surface area contributed by atoms with E-state index in [9.17, 15) is 4.79 Å².